The molecule has 0 bridgehead atoms. The van der Waals surface area contributed by atoms with Crippen molar-refractivity contribution in [2.45, 2.75) is 6.54 Å². The zero-order chi connectivity index (χ0) is 16.8. The molecule has 0 spiro atoms. The summed E-state index contributed by atoms with van der Waals surface area (Å²) in [6.07, 6.45) is 0. The maximum Gasteiger partial charge on any atom is 0.251 e. The van der Waals surface area contributed by atoms with Gasteiger partial charge in [-0.25, -0.2) is 4.39 Å². The molecule has 0 unspecified atom stereocenters. The van der Waals surface area contributed by atoms with Gasteiger partial charge in [0.1, 0.15) is 5.82 Å². The van der Waals surface area contributed by atoms with E-state index < -0.39 is 0 Å². The van der Waals surface area contributed by atoms with Crippen LogP contribution in [0.3, 0.4) is 0 Å². The Morgan fingerprint density at radius 2 is 1.57 bits per heavy atom. The predicted octanol–water partition coefficient (Wildman–Crippen LogP) is 2.78. The molecule has 2 aromatic carbocycles. The third-order valence-corrected chi connectivity index (χ3v) is 3.28. The monoisotopic (exact) mass is 319 g/mol. The van der Waals surface area contributed by atoms with Crippen LogP contribution in [0.2, 0.25) is 0 Å². The van der Waals surface area contributed by atoms with Crippen molar-refractivity contribution >= 4 is 5.91 Å². The molecule has 0 saturated heterocycles. The highest BCUT2D eigenvalue weighted by atomic mass is 19.1. The van der Waals surface area contributed by atoms with Crippen LogP contribution in [0.4, 0.5) is 4.39 Å². The van der Waals surface area contributed by atoms with E-state index in [-0.39, 0.29) is 18.3 Å². The summed E-state index contributed by atoms with van der Waals surface area (Å²) in [5, 5.41) is 2.76. The Labute approximate surface area is 134 Å². The van der Waals surface area contributed by atoms with Crippen molar-refractivity contribution in [3.8, 4) is 17.2 Å². The molecule has 0 atom stereocenters. The van der Waals surface area contributed by atoms with Crippen molar-refractivity contribution in [2.75, 3.05) is 21.3 Å². The smallest absolute Gasteiger partial charge is 0.251 e. The molecule has 0 aliphatic heterocycles. The Balaban J connectivity index is 2.13. The summed E-state index contributed by atoms with van der Waals surface area (Å²) < 4.78 is 28.6. The highest BCUT2D eigenvalue weighted by molar-refractivity contribution is 5.94. The van der Waals surface area contributed by atoms with E-state index in [0.29, 0.717) is 22.8 Å². The number of nitrogens with one attached hydrogen (secondary N) is 1. The third kappa shape index (κ3) is 3.91. The van der Waals surface area contributed by atoms with Crippen molar-refractivity contribution in [3.05, 3.63) is 53.3 Å². The molecule has 1 N–H and O–H groups in total. The van der Waals surface area contributed by atoms with Crippen molar-refractivity contribution in [3.63, 3.8) is 0 Å². The predicted molar refractivity (Wildman–Crippen MR) is 83.7 cm³/mol. The molecule has 1 amide bonds. The molecule has 2 rings (SSSR count). The summed E-state index contributed by atoms with van der Waals surface area (Å²) in [4.78, 5) is 12.0. The van der Waals surface area contributed by atoms with Gasteiger partial charge in [0.25, 0.3) is 5.91 Å². The second kappa shape index (κ2) is 7.49. The number of benzene rings is 2. The average molecular weight is 319 g/mol. The summed E-state index contributed by atoms with van der Waals surface area (Å²) in [7, 11) is 4.58. The van der Waals surface area contributed by atoms with E-state index in [0.717, 1.165) is 5.56 Å². The first kappa shape index (κ1) is 16.6. The lowest BCUT2D eigenvalue weighted by Crippen LogP contribution is -2.22. The van der Waals surface area contributed by atoms with E-state index in [4.69, 9.17) is 14.2 Å². The number of hydrogen-bond acceptors (Lipinski definition) is 4. The zero-order valence-electron chi connectivity index (χ0n) is 13.2. The number of methoxy groups -OCH3 is 3. The molecule has 0 aliphatic carbocycles. The number of rotatable bonds is 6. The molecule has 5 nitrogen and oxygen atoms in total. The van der Waals surface area contributed by atoms with E-state index in [2.05, 4.69) is 5.32 Å². The van der Waals surface area contributed by atoms with Crippen LogP contribution in [0.5, 0.6) is 17.2 Å². The second-order valence-electron chi connectivity index (χ2n) is 4.72. The van der Waals surface area contributed by atoms with Gasteiger partial charge in [0.05, 0.1) is 21.3 Å². The lowest BCUT2D eigenvalue weighted by atomic mass is 10.1. The number of halogens is 1. The molecule has 2 aromatic rings. The first-order valence-electron chi connectivity index (χ1n) is 6.91. The lowest BCUT2D eigenvalue weighted by molar-refractivity contribution is 0.0950. The summed E-state index contributed by atoms with van der Waals surface area (Å²) in [5.74, 6) is 0.837. The van der Waals surface area contributed by atoms with Crippen molar-refractivity contribution in [2.24, 2.45) is 0 Å². The van der Waals surface area contributed by atoms with Gasteiger partial charge in [-0.2, -0.15) is 0 Å². The Morgan fingerprint density at radius 3 is 2.04 bits per heavy atom. The fourth-order valence-electron chi connectivity index (χ4n) is 2.12. The first-order chi connectivity index (χ1) is 11.1. The highest BCUT2D eigenvalue weighted by Gasteiger charge is 2.14. The maximum absolute atomic E-state index is 12.9. The van der Waals surface area contributed by atoms with Crippen LogP contribution in [0.1, 0.15) is 15.9 Å². The van der Waals surface area contributed by atoms with E-state index in [1.807, 2.05) is 0 Å². The topological polar surface area (TPSA) is 56.8 Å². The Morgan fingerprint density at radius 1 is 1.00 bits per heavy atom. The molecular formula is C17H18FNO4. The van der Waals surface area contributed by atoms with Gasteiger partial charge in [0.2, 0.25) is 5.75 Å². The Bertz CT molecular complexity index is 660. The van der Waals surface area contributed by atoms with Gasteiger partial charge in [0.15, 0.2) is 11.5 Å². The molecule has 0 aliphatic rings. The van der Waals surface area contributed by atoms with Gasteiger partial charge >= 0.3 is 0 Å². The fraction of sp³-hybridized carbons (Fsp3) is 0.235. The van der Waals surface area contributed by atoms with E-state index in [1.165, 1.54) is 45.6 Å². The Hall–Kier alpha value is -2.76. The number of ether oxygens (including phenoxy) is 3. The van der Waals surface area contributed by atoms with Crippen LogP contribution >= 0.6 is 0 Å². The van der Waals surface area contributed by atoms with Gasteiger partial charge in [-0.05, 0) is 42.0 Å². The molecule has 0 radical (unpaired) electrons. The minimum atomic E-state index is -0.383. The molecule has 6 heteroatoms. The van der Waals surface area contributed by atoms with Crippen LogP contribution in [0.25, 0.3) is 0 Å². The van der Waals surface area contributed by atoms with Gasteiger partial charge in [-0.15, -0.1) is 0 Å². The largest absolute Gasteiger partial charge is 0.493 e. The van der Waals surface area contributed by atoms with Crippen LogP contribution in [0.15, 0.2) is 36.4 Å². The molecule has 0 fully saturated rings. The van der Waals surface area contributed by atoms with Crippen molar-refractivity contribution in [1.82, 2.24) is 5.32 Å². The summed E-state index contributed by atoms with van der Waals surface area (Å²) in [6, 6.07) is 8.86. The summed E-state index contributed by atoms with van der Waals surface area (Å²) in [5.41, 5.74) is 1.17. The van der Waals surface area contributed by atoms with Gasteiger partial charge in [-0.3, -0.25) is 4.79 Å². The van der Waals surface area contributed by atoms with Gasteiger partial charge < -0.3 is 19.5 Å². The van der Waals surface area contributed by atoms with E-state index >= 15 is 0 Å². The summed E-state index contributed by atoms with van der Waals surface area (Å²) >= 11 is 0. The molecule has 122 valence electrons. The second-order valence-corrected chi connectivity index (χ2v) is 4.72. The average Bonchev–Trinajstić information content (AvgIpc) is 2.59. The minimum absolute atomic E-state index is 0.271. The van der Waals surface area contributed by atoms with Crippen LogP contribution < -0.4 is 19.5 Å². The van der Waals surface area contributed by atoms with Crippen LogP contribution in [-0.4, -0.2) is 27.2 Å². The van der Waals surface area contributed by atoms with Crippen LogP contribution in [0, 0.1) is 5.82 Å². The Kier molecular flexibility index (Phi) is 5.41. The molecular weight excluding hydrogens is 301 g/mol. The SMILES string of the molecule is COc1cc(CNC(=O)c2ccc(F)cc2)cc(OC)c1OC. The zero-order valence-corrected chi connectivity index (χ0v) is 13.2. The van der Waals surface area contributed by atoms with Crippen molar-refractivity contribution < 1.29 is 23.4 Å². The maximum atomic E-state index is 12.9. The van der Waals surface area contributed by atoms with Crippen molar-refractivity contribution in [1.29, 1.82) is 0 Å². The number of carbonyl (C=O) groups excluding carboxylic acids is 1. The highest BCUT2D eigenvalue weighted by Crippen LogP contribution is 2.38. The van der Waals surface area contributed by atoms with Gasteiger partial charge in [-0.1, -0.05) is 0 Å². The fourth-order valence-corrected chi connectivity index (χ4v) is 2.12. The quantitative estimate of drug-likeness (QED) is 0.889. The number of amides is 1. The summed E-state index contributed by atoms with van der Waals surface area (Å²) in [6.45, 7) is 0.271. The standard InChI is InChI=1S/C17H18FNO4/c1-21-14-8-11(9-15(22-2)16(14)23-3)10-19-17(20)12-4-6-13(18)7-5-12/h4-9H,10H2,1-3H3,(H,19,20). The molecule has 23 heavy (non-hydrogen) atoms. The normalized spacial score (nSPS) is 10.1. The lowest BCUT2D eigenvalue weighted by Gasteiger charge is -2.14. The van der Waals surface area contributed by atoms with E-state index in [9.17, 15) is 9.18 Å². The van der Waals surface area contributed by atoms with E-state index in [1.54, 1.807) is 12.1 Å². The minimum Gasteiger partial charge on any atom is -0.493 e. The molecule has 0 saturated carbocycles. The third-order valence-electron chi connectivity index (χ3n) is 3.28. The molecule has 0 aromatic heterocycles. The molecule has 0 heterocycles. The van der Waals surface area contributed by atoms with Gasteiger partial charge in [0, 0.05) is 12.1 Å². The number of hydrogen-bond donors (Lipinski definition) is 1. The van der Waals surface area contributed by atoms with Crippen LogP contribution in [-0.2, 0) is 6.54 Å². The number of carbonyl (C=O) groups is 1. The first-order valence-corrected chi connectivity index (χ1v) is 6.91.